The lowest BCUT2D eigenvalue weighted by molar-refractivity contribution is -0.0582. The van der Waals surface area contributed by atoms with Gasteiger partial charge in [0.25, 0.3) is 0 Å². The van der Waals surface area contributed by atoms with E-state index in [0.717, 1.165) is 32.6 Å². The van der Waals surface area contributed by atoms with Gasteiger partial charge in [0.15, 0.2) is 0 Å². The summed E-state index contributed by atoms with van der Waals surface area (Å²) in [5, 5.41) is 0. The lowest BCUT2D eigenvalue weighted by Crippen LogP contribution is -2.65. The van der Waals surface area contributed by atoms with Crippen LogP contribution in [-0.2, 0) is 4.74 Å². The molecule has 2 rings (SSSR count). The van der Waals surface area contributed by atoms with Crippen LogP contribution in [0.1, 0.15) is 32.6 Å². The van der Waals surface area contributed by atoms with Crippen LogP contribution in [0.25, 0.3) is 0 Å². The van der Waals surface area contributed by atoms with Crippen LogP contribution in [0.5, 0.6) is 0 Å². The third-order valence-corrected chi connectivity index (χ3v) is 4.93. The van der Waals surface area contributed by atoms with Crippen LogP contribution in [0, 0.1) is 0 Å². The fourth-order valence-corrected chi connectivity index (χ4v) is 3.90. The van der Waals surface area contributed by atoms with Crippen molar-refractivity contribution in [2.75, 3.05) is 40.3 Å². The van der Waals surface area contributed by atoms with Crippen molar-refractivity contribution < 1.29 is 4.74 Å². The quantitative estimate of drug-likeness (QED) is 0.814. The van der Waals surface area contributed by atoms with Crippen LogP contribution in [0.4, 0.5) is 0 Å². The van der Waals surface area contributed by atoms with Crippen molar-refractivity contribution in [3.63, 3.8) is 0 Å². The van der Waals surface area contributed by atoms with Gasteiger partial charge in [-0.1, -0.05) is 0 Å². The molecule has 0 aromatic carbocycles. The summed E-state index contributed by atoms with van der Waals surface area (Å²) in [6, 6.07) is 0.600. The standard InChI is InChI=1S/C14H29N3O/c1-12-10-16(2)7-8-17(12)14(11-15)6-4-5-13(9-14)18-3/h12-13H,4-11,15H2,1-3H3. The summed E-state index contributed by atoms with van der Waals surface area (Å²) in [5.41, 5.74) is 6.35. The molecule has 0 aromatic rings. The average molecular weight is 255 g/mol. The first-order chi connectivity index (χ1) is 8.61. The molecule has 1 aliphatic carbocycles. The van der Waals surface area contributed by atoms with Gasteiger partial charge in [-0.05, 0) is 39.7 Å². The van der Waals surface area contributed by atoms with Crippen LogP contribution in [0.3, 0.4) is 0 Å². The van der Waals surface area contributed by atoms with Crippen LogP contribution >= 0.6 is 0 Å². The molecule has 1 saturated heterocycles. The van der Waals surface area contributed by atoms with Crippen LogP contribution in [-0.4, -0.2) is 67.8 Å². The second-order valence-corrected chi connectivity index (χ2v) is 6.19. The summed E-state index contributed by atoms with van der Waals surface area (Å²) in [5.74, 6) is 0. The van der Waals surface area contributed by atoms with Gasteiger partial charge in [-0.25, -0.2) is 0 Å². The first-order valence-electron chi connectivity index (χ1n) is 7.29. The van der Waals surface area contributed by atoms with E-state index in [1.165, 1.54) is 19.3 Å². The average Bonchev–Trinajstić information content (AvgIpc) is 2.38. The highest BCUT2D eigenvalue weighted by Gasteiger charge is 2.43. The largest absolute Gasteiger partial charge is 0.381 e. The van der Waals surface area contributed by atoms with E-state index in [1.807, 2.05) is 7.11 Å². The van der Waals surface area contributed by atoms with Gasteiger partial charge in [0, 0.05) is 44.9 Å². The minimum Gasteiger partial charge on any atom is -0.381 e. The summed E-state index contributed by atoms with van der Waals surface area (Å²) in [6.07, 6.45) is 5.18. The van der Waals surface area contributed by atoms with Gasteiger partial charge in [-0.2, -0.15) is 0 Å². The minimum atomic E-state index is 0.180. The molecule has 3 atom stereocenters. The lowest BCUT2D eigenvalue weighted by Gasteiger charge is -2.53. The maximum atomic E-state index is 6.17. The highest BCUT2D eigenvalue weighted by Crippen LogP contribution is 2.36. The highest BCUT2D eigenvalue weighted by atomic mass is 16.5. The van der Waals surface area contributed by atoms with E-state index >= 15 is 0 Å². The first-order valence-corrected chi connectivity index (χ1v) is 7.29. The zero-order chi connectivity index (χ0) is 13.2. The van der Waals surface area contributed by atoms with Gasteiger partial charge < -0.3 is 15.4 Å². The molecule has 106 valence electrons. The van der Waals surface area contributed by atoms with Gasteiger partial charge in [0.1, 0.15) is 0 Å². The minimum absolute atomic E-state index is 0.180. The molecule has 0 bridgehead atoms. The monoisotopic (exact) mass is 255 g/mol. The molecular formula is C14H29N3O. The molecule has 1 aliphatic heterocycles. The summed E-state index contributed by atoms with van der Waals surface area (Å²) < 4.78 is 5.60. The Bertz CT molecular complexity index is 274. The summed E-state index contributed by atoms with van der Waals surface area (Å²) in [4.78, 5) is 5.08. The molecule has 0 amide bonds. The SMILES string of the molecule is COC1CCCC(CN)(N2CCN(C)CC2C)C1. The van der Waals surface area contributed by atoms with E-state index in [4.69, 9.17) is 10.5 Å². The molecule has 4 nitrogen and oxygen atoms in total. The van der Waals surface area contributed by atoms with Crippen LogP contribution in [0.15, 0.2) is 0 Å². The molecule has 2 N–H and O–H groups in total. The van der Waals surface area contributed by atoms with Crippen LogP contribution < -0.4 is 5.73 Å². The van der Waals surface area contributed by atoms with Gasteiger partial charge in [0.05, 0.1) is 6.10 Å². The van der Waals surface area contributed by atoms with E-state index in [1.54, 1.807) is 0 Å². The smallest absolute Gasteiger partial charge is 0.0589 e. The van der Waals surface area contributed by atoms with Crippen molar-refractivity contribution in [3.8, 4) is 0 Å². The van der Waals surface area contributed by atoms with Gasteiger partial charge in [-0.15, -0.1) is 0 Å². The zero-order valence-corrected chi connectivity index (χ0v) is 12.2. The molecule has 2 aliphatic rings. The van der Waals surface area contributed by atoms with E-state index in [-0.39, 0.29) is 5.54 Å². The Morgan fingerprint density at radius 1 is 1.39 bits per heavy atom. The Balaban J connectivity index is 2.10. The fourth-order valence-electron chi connectivity index (χ4n) is 3.90. The lowest BCUT2D eigenvalue weighted by atomic mass is 9.77. The van der Waals surface area contributed by atoms with E-state index in [9.17, 15) is 0 Å². The number of piperazine rings is 1. The number of hydrogen-bond acceptors (Lipinski definition) is 4. The number of ether oxygens (including phenoxy) is 1. The molecule has 0 aromatic heterocycles. The third-order valence-electron chi connectivity index (χ3n) is 4.93. The molecule has 3 unspecified atom stereocenters. The predicted molar refractivity (Wildman–Crippen MR) is 74.7 cm³/mol. The topological polar surface area (TPSA) is 41.7 Å². The van der Waals surface area contributed by atoms with E-state index < -0.39 is 0 Å². The summed E-state index contributed by atoms with van der Waals surface area (Å²) in [7, 11) is 4.05. The Morgan fingerprint density at radius 2 is 2.17 bits per heavy atom. The number of rotatable bonds is 3. The second-order valence-electron chi connectivity index (χ2n) is 6.19. The highest BCUT2D eigenvalue weighted by molar-refractivity contribution is 5.00. The van der Waals surface area contributed by atoms with Crippen molar-refractivity contribution in [1.82, 2.24) is 9.80 Å². The molecule has 1 saturated carbocycles. The van der Waals surface area contributed by atoms with Crippen molar-refractivity contribution in [2.24, 2.45) is 5.73 Å². The van der Waals surface area contributed by atoms with Gasteiger partial charge >= 0.3 is 0 Å². The Labute approximate surface area is 111 Å². The second kappa shape index (κ2) is 5.87. The van der Waals surface area contributed by atoms with Crippen molar-refractivity contribution in [2.45, 2.75) is 50.3 Å². The molecule has 0 spiro atoms. The van der Waals surface area contributed by atoms with Crippen molar-refractivity contribution >= 4 is 0 Å². The number of likely N-dealkylation sites (N-methyl/N-ethyl adjacent to an activating group) is 1. The molecule has 0 radical (unpaired) electrons. The molecule has 2 fully saturated rings. The van der Waals surface area contributed by atoms with Crippen molar-refractivity contribution in [3.05, 3.63) is 0 Å². The van der Waals surface area contributed by atoms with Gasteiger partial charge in [-0.3, -0.25) is 4.90 Å². The Hall–Kier alpha value is -0.160. The summed E-state index contributed by atoms with van der Waals surface area (Å²) >= 11 is 0. The van der Waals surface area contributed by atoms with E-state index in [2.05, 4.69) is 23.8 Å². The third kappa shape index (κ3) is 2.72. The molecular weight excluding hydrogens is 226 g/mol. The molecule has 18 heavy (non-hydrogen) atoms. The van der Waals surface area contributed by atoms with Crippen molar-refractivity contribution in [1.29, 1.82) is 0 Å². The maximum absolute atomic E-state index is 6.17. The summed E-state index contributed by atoms with van der Waals surface area (Å²) in [6.45, 7) is 6.55. The zero-order valence-electron chi connectivity index (χ0n) is 12.2. The number of nitrogens with two attached hydrogens (primary N) is 1. The Morgan fingerprint density at radius 3 is 2.78 bits per heavy atom. The number of hydrogen-bond donors (Lipinski definition) is 1. The van der Waals surface area contributed by atoms with Crippen LogP contribution in [0.2, 0.25) is 0 Å². The first kappa shape index (κ1) is 14.3. The Kier molecular flexibility index (Phi) is 4.64. The predicted octanol–water partition coefficient (Wildman–Crippen LogP) is 0.909. The fraction of sp³-hybridized carbons (Fsp3) is 1.00. The maximum Gasteiger partial charge on any atom is 0.0589 e. The number of nitrogens with zero attached hydrogens (tertiary/aromatic N) is 2. The number of methoxy groups -OCH3 is 1. The normalized spacial score (nSPS) is 40.0. The molecule has 1 heterocycles. The molecule has 4 heteroatoms. The van der Waals surface area contributed by atoms with Gasteiger partial charge in [0.2, 0.25) is 0 Å². The van der Waals surface area contributed by atoms with E-state index in [0.29, 0.717) is 12.1 Å².